The highest BCUT2D eigenvalue weighted by molar-refractivity contribution is 5.97. The van der Waals surface area contributed by atoms with Crippen molar-refractivity contribution in [2.24, 2.45) is 0 Å². The number of likely N-dealkylation sites (N-methyl/N-ethyl adjacent to an activating group) is 1. The van der Waals surface area contributed by atoms with Gasteiger partial charge in [-0.3, -0.25) is 4.79 Å². The van der Waals surface area contributed by atoms with Crippen molar-refractivity contribution in [1.29, 1.82) is 0 Å². The lowest BCUT2D eigenvalue weighted by Gasteiger charge is -2.23. The van der Waals surface area contributed by atoms with E-state index in [2.05, 4.69) is 0 Å². The molecule has 0 fully saturated rings. The Morgan fingerprint density at radius 2 is 1.69 bits per heavy atom. The molecule has 0 N–H and O–H groups in total. The summed E-state index contributed by atoms with van der Waals surface area (Å²) in [5.41, 5.74) is 0.586. The summed E-state index contributed by atoms with van der Waals surface area (Å²) in [5, 5.41) is 0. The number of benzene rings is 2. The molecule has 7 heteroatoms. The largest absolute Gasteiger partial charge is 0.454 e. The number of nitrogens with zero attached hydrogens (tertiary/aromatic N) is 1. The van der Waals surface area contributed by atoms with Crippen LogP contribution in [0.3, 0.4) is 0 Å². The maximum atomic E-state index is 13.0. The molecule has 0 spiro atoms. The lowest BCUT2D eigenvalue weighted by molar-refractivity contribution is -0.138. The summed E-state index contributed by atoms with van der Waals surface area (Å²) in [6.07, 6.45) is -3.31. The Labute approximate surface area is 166 Å². The van der Waals surface area contributed by atoms with E-state index in [0.717, 1.165) is 29.1 Å². The molecule has 3 rings (SSSR count). The van der Waals surface area contributed by atoms with E-state index in [-0.39, 0.29) is 0 Å². The summed E-state index contributed by atoms with van der Waals surface area (Å²) in [7, 11) is 1.83. The first-order valence-electron chi connectivity index (χ1n) is 8.95. The van der Waals surface area contributed by atoms with Gasteiger partial charge >= 0.3 is 12.1 Å². The van der Waals surface area contributed by atoms with E-state index in [9.17, 15) is 22.8 Å². The van der Waals surface area contributed by atoms with Crippen molar-refractivity contribution in [3.8, 4) is 0 Å². The number of rotatable bonds is 4. The van der Waals surface area contributed by atoms with Gasteiger partial charge in [0.15, 0.2) is 12.4 Å². The van der Waals surface area contributed by atoms with E-state index < -0.39 is 41.1 Å². The minimum Gasteiger partial charge on any atom is -0.454 e. The van der Waals surface area contributed by atoms with Crippen LogP contribution in [0.25, 0.3) is 0 Å². The molecule has 29 heavy (non-hydrogen) atoms. The number of carbonyl (C=O) groups excluding carboxylic acids is 2. The fourth-order valence-corrected chi connectivity index (χ4v) is 3.58. The van der Waals surface area contributed by atoms with Gasteiger partial charge in [-0.25, -0.2) is 4.79 Å². The highest BCUT2D eigenvalue weighted by atomic mass is 19.4. The molecule has 0 atom stereocenters. The molecule has 0 saturated carbocycles. The van der Waals surface area contributed by atoms with Crippen molar-refractivity contribution in [3.63, 3.8) is 0 Å². The van der Waals surface area contributed by atoms with Crippen LogP contribution < -0.4 is 4.90 Å². The average Bonchev–Trinajstić information content (AvgIpc) is 2.86. The van der Waals surface area contributed by atoms with Crippen molar-refractivity contribution in [3.05, 3.63) is 77.0 Å². The number of halogens is 3. The third-order valence-corrected chi connectivity index (χ3v) is 5.04. The molecule has 2 aromatic rings. The number of allylic oxidation sites excluding steroid dienone is 1. The van der Waals surface area contributed by atoms with Gasteiger partial charge in [0.05, 0.1) is 11.1 Å². The Hall–Kier alpha value is -3.09. The van der Waals surface area contributed by atoms with Gasteiger partial charge in [0.2, 0.25) is 0 Å². The molecular formula is C22H20F3NO3. The van der Waals surface area contributed by atoms with Gasteiger partial charge in [-0.15, -0.1) is 0 Å². The van der Waals surface area contributed by atoms with Crippen molar-refractivity contribution < 1.29 is 27.5 Å². The van der Waals surface area contributed by atoms with Gasteiger partial charge in [-0.05, 0) is 23.8 Å². The second-order valence-electron chi connectivity index (χ2n) is 7.32. The van der Waals surface area contributed by atoms with Crippen LogP contribution in [0.1, 0.15) is 35.3 Å². The maximum Gasteiger partial charge on any atom is 0.417 e. The van der Waals surface area contributed by atoms with E-state index in [0.29, 0.717) is 0 Å². The Bertz CT molecular complexity index is 993. The molecule has 1 heterocycles. The summed E-state index contributed by atoms with van der Waals surface area (Å²) in [6, 6.07) is 12.1. The van der Waals surface area contributed by atoms with Crippen molar-refractivity contribution in [2.45, 2.75) is 25.4 Å². The first-order valence-corrected chi connectivity index (χ1v) is 8.95. The number of ether oxygens (including phenoxy) is 1. The standard InChI is InChI=1S/C22H20F3NO3/c1-21(2)17-10-6-7-11-18(17)26(3)19(21)12-14(27)13-29-20(28)15-8-4-5-9-16(15)22(23,24)25/h4-12H,13H2,1-3H3. The van der Waals surface area contributed by atoms with Gasteiger partial charge in [0, 0.05) is 29.9 Å². The molecule has 0 radical (unpaired) electrons. The zero-order valence-corrected chi connectivity index (χ0v) is 16.2. The molecule has 0 aliphatic carbocycles. The Morgan fingerprint density at radius 3 is 2.34 bits per heavy atom. The van der Waals surface area contributed by atoms with Gasteiger partial charge in [0.25, 0.3) is 0 Å². The van der Waals surface area contributed by atoms with Crippen LogP contribution in [-0.2, 0) is 21.1 Å². The molecule has 0 aromatic heterocycles. The zero-order valence-electron chi connectivity index (χ0n) is 16.2. The number of carbonyl (C=O) groups is 2. The molecule has 1 aliphatic heterocycles. The van der Waals surface area contributed by atoms with E-state index >= 15 is 0 Å². The van der Waals surface area contributed by atoms with Crippen LogP contribution in [0.5, 0.6) is 0 Å². The van der Waals surface area contributed by atoms with E-state index in [1.54, 1.807) is 0 Å². The van der Waals surface area contributed by atoms with E-state index in [4.69, 9.17) is 4.74 Å². The number of ketones is 1. The van der Waals surface area contributed by atoms with Crippen LogP contribution in [-0.4, -0.2) is 25.4 Å². The quantitative estimate of drug-likeness (QED) is 0.546. The molecule has 152 valence electrons. The van der Waals surface area contributed by atoms with Crippen LogP contribution in [0.4, 0.5) is 18.9 Å². The first-order chi connectivity index (χ1) is 13.5. The second-order valence-corrected chi connectivity index (χ2v) is 7.32. The number of alkyl halides is 3. The Morgan fingerprint density at radius 1 is 1.07 bits per heavy atom. The average molecular weight is 403 g/mol. The number of hydrogen-bond donors (Lipinski definition) is 0. The van der Waals surface area contributed by atoms with Crippen LogP contribution in [0.2, 0.25) is 0 Å². The summed E-state index contributed by atoms with van der Waals surface area (Å²) < 4.78 is 44.0. The number of para-hydroxylation sites is 1. The molecule has 2 aromatic carbocycles. The number of anilines is 1. The predicted octanol–water partition coefficient (Wildman–Crippen LogP) is 4.74. The van der Waals surface area contributed by atoms with Gasteiger partial charge in [-0.2, -0.15) is 13.2 Å². The second kappa shape index (κ2) is 7.39. The van der Waals surface area contributed by atoms with Crippen LogP contribution in [0, 0.1) is 0 Å². The zero-order chi connectivity index (χ0) is 21.4. The minimum atomic E-state index is -4.69. The molecule has 0 bridgehead atoms. The van der Waals surface area contributed by atoms with Gasteiger partial charge in [-0.1, -0.05) is 44.2 Å². The number of hydrogen-bond acceptors (Lipinski definition) is 4. The maximum absolute atomic E-state index is 13.0. The van der Waals surface area contributed by atoms with Crippen LogP contribution in [0.15, 0.2) is 60.3 Å². The fourth-order valence-electron chi connectivity index (χ4n) is 3.58. The smallest absolute Gasteiger partial charge is 0.417 e. The van der Waals surface area contributed by atoms with Crippen molar-refractivity contribution in [1.82, 2.24) is 0 Å². The highest BCUT2D eigenvalue weighted by Crippen LogP contribution is 2.46. The molecule has 0 amide bonds. The van der Waals surface area contributed by atoms with Crippen molar-refractivity contribution in [2.75, 3.05) is 18.6 Å². The highest BCUT2D eigenvalue weighted by Gasteiger charge is 2.39. The van der Waals surface area contributed by atoms with Crippen molar-refractivity contribution >= 4 is 17.4 Å². The summed E-state index contributed by atoms with van der Waals surface area (Å²) >= 11 is 0. The number of fused-ring (bicyclic) bond motifs is 1. The third kappa shape index (κ3) is 3.90. The number of esters is 1. The predicted molar refractivity (Wildman–Crippen MR) is 103 cm³/mol. The Balaban J connectivity index is 1.75. The summed E-state index contributed by atoms with van der Waals surface area (Å²) in [4.78, 5) is 26.4. The van der Waals surface area contributed by atoms with Gasteiger partial charge < -0.3 is 9.64 Å². The summed E-state index contributed by atoms with van der Waals surface area (Å²) in [6.45, 7) is 3.30. The molecule has 1 aliphatic rings. The van der Waals surface area contributed by atoms with E-state index in [1.165, 1.54) is 18.2 Å². The first kappa shape index (κ1) is 20.6. The Kier molecular flexibility index (Phi) is 5.26. The topological polar surface area (TPSA) is 46.6 Å². The monoisotopic (exact) mass is 403 g/mol. The minimum absolute atomic E-state index is 0.437. The van der Waals surface area contributed by atoms with Gasteiger partial charge in [0.1, 0.15) is 0 Å². The SMILES string of the molecule is CN1C(=CC(=O)COC(=O)c2ccccc2C(F)(F)F)C(C)(C)c2ccccc21. The normalized spacial score (nSPS) is 16.6. The van der Waals surface area contributed by atoms with E-state index in [1.807, 2.05) is 50.1 Å². The lowest BCUT2D eigenvalue weighted by atomic mass is 9.83. The molecule has 0 saturated heterocycles. The van der Waals surface area contributed by atoms with Crippen LogP contribution >= 0.6 is 0 Å². The molecular weight excluding hydrogens is 383 g/mol. The lowest BCUT2D eigenvalue weighted by Crippen LogP contribution is -2.25. The molecule has 4 nitrogen and oxygen atoms in total. The fraction of sp³-hybridized carbons (Fsp3) is 0.273. The molecule has 0 unspecified atom stereocenters. The summed E-state index contributed by atoms with van der Waals surface area (Å²) in [5.74, 6) is -1.70. The third-order valence-electron chi connectivity index (χ3n) is 5.04.